The molecular formula is C21H25FS. The zero-order valence-electron chi connectivity index (χ0n) is 14.4. The van der Waals surface area contributed by atoms with Gasteiger partial charge in [-0.3, -0.25) is 0 Å². The summed E-state index contributed by atoms with van der Waals surface area (Å²) in [6, 6.07) is 2.12. The zero-order valence-corrected chi connectivity index (χ0v) is 15.3. The van der Waals surface area contributed by atoms with E-state index in [1.807, 2.05) is 20.8 Å². The second kappa shape index (κ2) is 9.26. The van der Waals surface area contributed by atoms with Gasteiger partial charge in [0.1, 0.15) is 0 Å². The van der Waals surface area contributed by atoms with Crippen LogP contribution in [0.3, 0.4) is 0 Å². The van der Waals surface area contributed by atoms with Crippen molar-refractivity contribution in [1.82, 2.24) is 0 Å². The SMILES string of the molecule is C=C(C)CC(=C)/C(C)=C/c1cc(/C(C=C(C)C)=C/C=C/F)cs1. The minimum absolute atomic E-state index is 0.553. The van der Waals surface area contributed by atoms with E-state index < -0.39 is 0 Å². The Bertz CT molecular complexity index is 689. The van der Waals surface area contributed by atoms with Gasteiger partial charge in [-0.15, -0.1) is 11.3 Å². The van der Waals surface area contributed by atoms with Gasteiger partial charge in [0.05, 0.1) is 6.33 Å². The molecular weight excluding hydrogens is 303 g/mol. The molecule has 0 aliphatic heterocycles. The standard InChI is InChI=1S/C21H25FS/c1-15(2)10-17(5)18(6)12-21-13-20(14-23-21)19(8-7-9-22)11-16(3)4/h7-9,11-14H,1,5,10H2,2-4,6H3/b9-7+,18-12+,19-8+. The Hall–Kier alpha value is -1.93. The van der Waals surface area contributed by atoms with Gasteiger partial charge in [-0.05, 0) is 80.0 Å². The summed E-state index contributed by atoms with van der Waals surface area (Å²) in [4.78, 5) is 1.16. The van der Waals surface area contributed by atoms with Gasteiger partial charge in [-0.1, -0.05) is 36.5 Å². The van der Waals surface area contributed by atoms with Gasteiger partial charge in [0.25, 0.3) is 0 Å². The van der Waals surface area contributed by atoms with Crippen molar-refractivity contribution in [3.05, 3.63) is 81.9 Å². The molecule has 1 aromatic rings. The van der Waals surface area contributed by atoms with Crippen molar-refractivity contribution in [2.24, 2.45) is 0 Å². The lowest BCUT2D eigenvalue weighted by molar-refractivity contribution is 0.721. The minimum atomic E-state index is 0.553. The third kappa shape index (κ3) is 6.79. The second-order valence-electron chi connectivity index (χ2n) is 5.96. The molecule has 0 fully saturated rings. The van der Waals surface area contributed by atoms with E-state index in [0.717, 1.165) is 39.2 Å². The van der Waals surface area contributed by atoms with Crippen LogP contribution in [0, 0.1) is 0 Å². The Kier molecular flexibility index (Phi) is 7.70. The predicted octanol–water partition coefficient (Wildman–Crippen LogP) is 7.51. The van der Waals surface area contributed by atoms with Crippen molar-refractivity contribution in [3.8, 4) is 0 Å². The van der Waals surface area contributed by atoms with Crippen molar-refractivity contribution in [2.45, 2.75) is 34.1 Å². The first-order chi connectivity index (χ1) is 10.8. The van der Waals surface area contributed by atoms with Crippen LogP contribution in [0.1, 0.15) is 44.6 Å². The molecule has 1 aromatic heterocycles. The normalized spacial score (nSPS) is 12.6. The Morgan fingerprint density at radius 1 is 1.22 bits per heavy atom. The quantitative estimate of drug-likeness (QED) is 0.359. The molecule has 122 valence electrons. The molecule has 0 aliphatic rings. The van der Waals surface area contributed by atoms with Crippen LogP contribution in [0.2, 0.25) is 0 Å². The highest BCUT2D eigenvalue weighted by atomic mass is 32.1. The molecule has 1 heterocycles. The molecule has 0 saturated heterocycles. The van der Waals surface area contributed by atoms with E-state index in [1.165, 1.54) is 11.6 Å². The highest BCUT2D eigenvalue weighted by Gasteiger charge is 2.04. The third-order valence-corrected chi connectivity index (χ3v) is 4.06. The highest BCUT2D eigenvalue weighted by molar-refractivity contribution is 7.11. The van der Waals surface area contributed by atoms with Crippen molar-refractivity contribution in [3.63, 3.8) is 0 Å². The topological polar surface area (TPSA) is 0 Å². The molecule has 0 unspecified atom stereocenters. The molecule has 0 aliphatic carbocycles. The summed E-state index contributed by atoms with van der Waals surface area (Å²) in [7, 11) is 0. The fourth-order valence-corrected chi connectivity index (χ4v) is 2.98. The summed E-state index contributed by atoms with van der Waals surface area (Å²) < 4.78 is 12.3. The summed E-state index contributed by atoms with van der Waals surface area (Å²) in [5.41, 5.74) is 6.65. The molecule has 0 N–H and O–H groups in total. The lowest BCUT2D eigenvalue weighted by Gasteiger charge is -2.05. The van der Waals surface area contributed by atoms with Gasteiger partial charge in [-0.2, -0.15) is 0 Å². The molecule has 0 spiro atoms. The Morgan fingerprint density at radius 3 is 2.48 bits per heavy atom. The van der Waals surface area contributed by atoms with Crippen LogP contribution >= 0.6 is 11.3 Å². The van der Waals surface area contributed by atoms with Crippen LogP contribution in [0.5, 0.6) is 0 Å². The molecule has 0 amide bonds. The maximum Gasteiger partial charge on any atom is 0.0867 e. The van der Waals surface area contributed by atoms with Crippen LogP contribution in [0.25, 0.3) is 11.6 Å². The molecule has 0 radical (unpaired) electrons. The number of thiophene rings is 1. The molecule has 1 rings (SSSR count). The van der Waals surface area contributed by atoms with Gasteiger partial charge >= 0.3 is 0 Å². The average Bonchev–Trinajstić information content (AvgIpc) is 2.90. The van der Waals surface area contributed by atoms with Crippen LogP contribution in [-0.2, 0) is 0 Å². The van der Waals surface area contributed by atoms with E-state index >= 15 is 0 Å². The first kappa shape index (κ1) is 19.1. The number of hydrogen-bond acceptors (Lipinski definition) is 1. The molecule has 0 bridgehead atoms. The van der Waals surface area contributed by atoms with Gasteiger partial charge in [0.2, 0.25) is 0 Å². The van der Waals surface area contributed by atoms with Gasteiger partial charge < -0.3 is 0 Å². The molecule has 0 saturated carbocycles. The van der Waals surface area contributed by atoms with Crippen LogP contribution < -0.4 is 0 Å². The lowest BCUT2D eigenvalue weighted by Crippen LogP contribution is -1.84. The zero-order chi connectivity index (χ0) is 17.4. The van der Waals surface area contributed by atoms with E-state index in [0.29, 0.717) is 6.33 Å². The van der Waals surface area contributed by atoms with Crippen LogP contribution in [0.4, 0.5) is 4.39 Å². The first-order valence-electron chi connectivity index (χ1n) is 7.55. The summed E-state index contributed by atoms with van der Waals surface area (Å²) in [6.07, 6.45) is 8.78. The van der Waals surface area contributed by atoms with Gasteiger partial charge in [0.15, 0.2) is 0 Å². The first-order valence-corrected chi connectivity index (χ1v) is 8.43. The predicted molar refractivity (Wildman–Crippen MR) is 104 cm³/mol. The van der Waals surface area contributed by atoms with E-state index in [1.54, 1.807) is 17.4 Å². The van der Waals surface area contributed by atoms with Crippen molar-refractivity contribution < 1.29 is 4.39 Å². The third-order valence-electron chi connectivity index (χ3n) is 3.18. The maximum atomic E-state index is 12.3. The number of hydrogen-bond donors (Lipinski definition) is 0. The Labute approximate surface area is 143 Å². The van der Waals surface area contributed by atoms with Gasteiger partial charge in [0, 0.05) is 4.88 Å². The van der Waals surface area contributed by atoms with E-state index in [2.05, 4.69) is 43.7 Å². The van der Waals surface area contributed by atoms with Crippen LogP contribution in [0.15, 0.2) is 71.5 Å². The number of allylic oxidation sites excluding steroid dienone is 8. The monoisotopic (exact) mass is 328 g/mol. The summed E-state index contributed by atoms with van der Waals surface area (Å²) in [5.74, 6) is 0. The largest absolute Gasteiger partial charge is 0.216 e. The van der Waals surface area contributed by atoms with Crippen molar-refractivity contribution in [1.29, 1.82) is 0 Å². The second-order valence-corrected chi connectivity index (χ2v) is 6.91. The molecule has 0 nitrogen and oxygen atoms in total. The highest BCUT2D eigenvalue weighted by Crippen LogP contribution is 2.27. The number of rotatable bonds is 7. The minimum Gasteiger partial charge on any atom is -0.216 e. The summed E-state index contributed by atoms with van der Waals surface area (Å²) in [5, 5.41) is 2.10. The fourth-order valence-electron chi connectivity index (χ4n) is 2.08. The fraction of sp³-hybridized carbons (Fsp3) is 0.238. The molecule has 2 heteroatoms. The van der Waals surface area contributed by atoms with Crippen LogP contribution in [-0.4, -0.2) is 0 Å². The number of halogens is 1. The summed E-state index contributed by atoms with van der Waals surface area (Å²) in [6.45, 7) is 16.2. The van der Waals surface area contributed by atoms with E-state index in [4.69, 9.17) is 0 Å². The summed E-state index contributed by atoms with van der Waals surface area (Å²) >= 11 is 1.68. The molecule has 0 aromatic carbocycles. The van der Waals surface area contributed by atoms with Gasteiger partial charge in [-0.25, -0.2) is 4.39 Å². The van der Waals surface area contributed by atoms with Crippen molar-refractivity contribution >= 4 is 23.0 Å². The Balaban J connectivity index is 3.06. The van der Waals surface area contributed by atoms with Crippen molar-refractivity contribution in [2.75, 3.05) is 0 Å². The van der Waals surface area contributed by atoms with E-state index in [-0.39, 0.29) is 0 Å². The Morgan fingerprint density at radius 2 is 1.91 bits per heavy atom. The lowest BCUT2D eigenvalue weighted by atomic mass is 10.0. The van der Waals surface area contributed by atoms with E-state index in [9.17, 15) is 4.39 Å². The molecule has 23 heavy (non-hydrogen) atoms. The smallest absolute Gasteiger partial charge is 0.0867 e. The average molecular weight is 328 g/mol. The molecule has 0 atom stereocenters. The maximum absolute atomic E-state index is 12.3.